The minimum Gasteiger partial charge on any atom is -0.548 e. The maximum Gasteiger partial charge on any atom is 0.213 e. The lowest BCUT2D eigenvalue weighted by Crippen LogP contribution is -2.36. The maximum absolute atomic E-state index is 11.5. The van der Waals surface area contributed by atoms with Gasteiger partial charge in [-0.15, -0.1) is 0 Å². The number of aliphatic carboxylic acids is 1. The molecule has 5 heteroatoms. The number of hydrogen-bond acceptors (Lipinski definition) is 4. The largest absolute Gasteiger partial charge is 0.548 e. The van der Waals surface area contributed by atoms with E-state index in [9.17, 15) is 9.90 Å². The number of para-hydroxylation sites is 1. The van der Waals surface area contributed by atoms with E-state index in [4.69, 9.17) is 0 Å². The zero-order valence-electron chi connectivity index (χ0n) is 20.2. The van der Waals surface area contributed by atoms with Gasteiger partial charge < -0.3 is 14.8 Å². The normalized spacial score (nSPS) is 15.0. The molecule has 0 aliphatic carbocycles. The van der Waals surface area contributed by atoms with Gasteiger partial charge in [-0.2, -0.15) is 4.57 Å². The zero-order chi connectivity index (χ0) is 24.2. The van der Waals surface area contributed by atoms with Gasteiger partial charge in [0.2, 0.25) is 5.52 Å². The number of allylic oxidation sites excluding steroid dienone is 4. The topological polar surface area (TPSA) is 47.2 Å². The van der Waals surface area contributed by atoms with Crippen LogP contribution in [0.1, 0.15) is 37.0 Å². The van der Waals surface area contributed by atoms with Crippen molar-refractivity contribution in [3.05, 3.63) is 94.2 Å². The first-order valence-electron chi connectivity index (χ1n) is 11.7. The number of anilines is 1. The first kappa shape index (κ1) is 23.8. The van der Waals surface area contributed by atoms with Crippen molar-refractivity contribution in [3.8, 4) is 0 Å². The Hall–Kier alpha value is -3.31. The SMILES string of the molecule is CCC(C=Cc1cc[n+](CC)c2ccccc12)=CC=C1Sc2cc(C)c(C)cc2N1CC(=O)[O-]. The van der Waals surface area contributed by atoms with E-state index in [1.165, 1.54) is 27.6 Å². The van der Waals surface area contributed by atoms with Gasteiger partial charge in [-0.05, 0) is 73.7 Å². The Morgan fingerprint density at radius 3 is 2.62 bits per heavy atom. The molecule has 0 N–H and O–H groups in total. The molecule has 0 unspecified atom stereocenters. The van der Waals surface area contributed by atoms with Crippen molar-refractivity contribution >= 4 is 40.4 Å². The van der Waals surface area contributed by atoms with E-state index in [-0.39, 0.29) is 6.54 Å². The van der Waals surface area contributed by atoms with Gasteiger partial charge in [-0.1, -0.05) is 49.0 Å². The summed E-state index contributed by atoms with van der Waals surface area (Å²) in [6, 6.07) is 14.8. The molecule has 4 rings (SSSR count). The number of aryl methyl sites for hydroxylation is 3. The summed E-state index contributed by atoms with van der Waals surface area (Å²) in [7, 11) is 0. The summed E-state index contributed by atoms with van der Waals surface area (Å²) in [5, 5.41) is 13.6. The molecule has 4 nitrogen and oxygen atoms in total. The predicted molar refractivity (Wildman–Crippen MR) is 139 cm³/mol. The van der Waals surface area contributed by atoms with Crippen LogP contribution < -0.4 is 14.6 Å². The number of carboxylic acids is 1. The van der Waals surface area contributed by atoms with E-state index in [2.05, 4.69) is 92.2 Å². The molecule has 34 heavy (non-hydrogen) atoms. The number of carbonyl (C=O) groups is 1. The van der Waals surface area contributed by atoms with E-state index in [0.29, 0.717) is 0 Å². The fraction of sp³-hybridized carbons (Fsp3) is 0.241. The van der Waals surface area contributed by atoms with Gasteiger partial charge >= 0.3 is 0 Å². The zero-order valence-corrected chi connectivity index (χ0v) is 21.0. The van der Waals surface area contributed by atoms with Crippen molar-refractivity contribution in [3.63, 3.8) is 0 Å². The van der Waals surface area contributed by atoms with Crippen LogP contribution in [0.3, 0.4) is 0 Å². The molecule has 0 amide bonds. The van der Waals surface area contributed by atoms with E-state index < -0.39 is 5.97 Å². The lowest BCUT2D eigenvalue weighted by atomic mass is 10.1. The highest BCUT2D eigenvalue weighted by Crippen LogP contribution is 2.46. The van der Waals surface area contributed by atoms with Crippen LogP contribution in [0.25, 0.3) is 17.0 Å². The number of nitrogens with zero attached hydrogens (tertiary/aromatic N) is 2. The van der Waals surface area contributed by atoms with Crippen molar-refractivity contribution in [2.45, 2.75) is 45.6 Å². The Kier molecular flexibility index (Phi) is 7.23. The van der Waals surface area contributed by atoms with Gasteiger partial charge in [0.1, 0.15) is 6.54 Å². The van der Waals surface area contributed by atoms with Crippen LogP contribution in [-0.4, -0.2) is 12.5 Å². The molecule has 0 fully saturated rings. The van der Waals surface area contributed by atoms with Crippen molar-refractivity contribution in [1.29, 1.82) is 0 Å². The van der Waals surface area contributed by atoms with Crippen LogP contribution in [0, 0.1) is 13.8 Å². The third-order valence-electron chi connectivity index (χ3n) is 6.26. The molecule has 0 bridgehead atoms. The highest BCUT2D eigenvalue weighted by molar-refractivity contribution is 8.03. The lowest BCUT2D eigenvalue weighted by Gasteiger charge is -2.21. The molecular formula is C29H30N2O2S. The highest BCUT2D eigenvalue weighted by Gasteiger charge is 2.25. The number of benzene rings is 2. The molecule has 0 saturated carbocycles. The average molecular weight is 471 g/mol. The number of fused-ring (bicyclic) bond motifs is 2. The molecule has 0 saturated heterocycles. The Labute approximate surface area is 205 Å². The van der Waals surface area contributed by atoms with Crippen molar-refractivity contribution in [2.24, 2.45) is 0 Å². The molecule has 2 heterocycles. The molecule has 1 aromatic heterocycles. The number of carboxylic acid groups (broad SMARTS) is 1. The number of carbonyl (C=O) groups excluding carboxylic acids is 1. The van der Waals surface area contributed by atoms with Gasteiger partial charge in [-0.3, -0.25) is 0 Å². The second kappa shape index (κ2) is 10.3. The molecule has 0 spiro atoms. The first-order valence-corrected chi connectivity index (χ1v) is 12.5. The van der Waals surface area contributed by atoms with Crippen molar-refractivity contribution in [2.75, 3.05) is 11.4 Å². The van der Waals surface area contributed by atoms with Gasteiger partial charge in [0, 0.05) is 17.0 Å². The molecule has 0 atom stereocenters. The monoisotopic (exact) mass is 470 g/mol. The van der Waals surface area contributed by atoms with Crippen LogP contribution in [0.4, 0.5) is 5.69 Å². The molecule has 3 aromatic rings. The summed E-state index contributed by atoms with van der Waals surface area (Å²) in [4.78, 5) is 14.4. The smallest absolute Gasteiger partial charge is 0.213 e. The summed E-state index contributed by atoms with van der Waals surface area (Å²) in [5.74, 6) is -1.09. The van der Waals surface area contributed by atoms with Crippen LogP contribution in [-0.2, 0) is 11.3 Å². The van der Waals surface area contributed by atoms with Gasteiger partial charge in [0.25, 0.3) is 0 Å². The Morgan fingerprint density at radius 1 is 1.12 bits per heavy atom. The number of aromatic nitrogens is 1. The van der Waals surface area contributed by atoms with Gasteiger partial charge in [-0.25, -0.2) is 0 Å². The number of thioether (sulfide) groups is 1. The molecule has 174 valence electrons. The summed E-state index contributed by atoms with van der Waals surface area (Å²) in [6.07, 6.45) is 11.4. The summed E-state index contributed by atoms with van der Waals surface area (Å²) in [6.45, 7) is 9.18. The number of hydrogen-bond donors (Lipinski definition) is 0. The molecule has 1 aliphatic rings. The van der Waals surface area contributed by atoms with Crippen LogP contribution >= 0.6 is 11.8 Å². The van der Waals surface area contributed by atoms with E-state index in [1.807, 2.05) is 17.9 Å². The van der Waals surface area contributed by atoms with E-state index >= 15 is 0 Å². The molecule has 2 aromatic carbocycles. The highest BCUT2D eigenvalue weighted by atomic mass is 32.2. The number of rotatable bonds is 7. The van der Waals surface area contributed by atoms with Crippen LogP contribution in [0.15, 0.2) is 82.4 Å². The van der Waals surface area contributed by atoms with Crippen molar-refractivity contribution in [1.82, 2.24) is 0 Å². The molecular weight excluding hydrogens is 440 g/mol. The van der Waals surface area contributed by atoms with Gasteiger partial charge in [0.15, 0.2) is 6.20 Å². The summed E-state index contributed by atoms with van der Waals surface area (Å²) < 4.78 is 2.25. The molecule has 1 aliphatic heterocycles. The third-order valence-corrected chi connectivity index (χ3v) is 7.37. The van der Waals surface area contributed by atoms with E-state index in [0.717, 1.165) is 34.1 Å². The second-order valence-corrected chi connectivity index (χ2v) is 9.53. The third kappa shape index (κ3) is 4.95. The number of pyridine rings is 1. The van der Waals surface area contributed by atoms with Crippen LogP contribution in [0.2, 0.25) is 0 Å². The summed E-state index contributed by atoms with van der Waals surface area (Å²) in [5.41, 5.74) is 6.86. The standard InChI is InChI=1S/C29H30N2O2S/c1-5-22(11-13-23-15-16-30(6-2)25-10-8-7-9-24(23)25)12-14-28-31(19-29(32)33)26-17-20(3)21(4)18-27(26)34-28/h7-18H,5-6,19H2,1-4H3. The average Bonchev–Trinajstić information content (AvgIpc) is 3.14. The fourth-order valence-corrected chi connectivity index (χ4v) is 5.31. The minimum atomic E-state index is -1.09. The molecule has 0 radical (unpaired) electrons. The minimum absolute atomic E-state index is 0.160. The first-order chi connectivity index (χ1) is 16.4. The van der Waals surface area contributed by atoms with Crippen LogP contribution in [0.5, 0.6) is 0 Å². The predicted octanol–water partition coefficient (Wildman–Crippen LogP) is 5.32. The maximum atomic E-state index is 11.5. The Balaban J connectivity index is 1.65. The van der Waals surface area contributed by atoms with Crippen molar-refractivity contribution < 1.29 is 14.5 Å². The fourth-order valence-electron chi connectivity index (χ4n) is 4.17. The Morgan fingerprint density at radius 2 is 1.88 bits per heavy atom. The Bertz CT molecular complexity index is 1340. The quantitative estimate of drug-likeness (QED) is 0.346. The lowest BCUT2D eigenvalue weighted by molar-refractivity contribution is -0.667. The summed E-state index contributed by atoms with van der Waals surface area (Å²) >= 11 is 1.61. The van der Waals surface area contributed by atoms with Gasteiger partial charge in [0.05, 0.1) is 28.6 Å². The van der Waals surface area contributed by atoms with E-state index in [1.54, 1.807) is 11.8 Å². The second-order valence-electron chi connectivity index (χ2n) is 8.47.